The fourth-order valence-corrected chi connectivity index (χ4v) is 3.33. The van der Waals surface area contributed by atoms with Crippen molar-refractivity contribution in [1.29, 1.82) is 0 Å². The molecule has 0 amide bonds. The lowest BCUT2D eigenvalue weighted by Gasteiger charge is -2.08. The summed E-state index contributed by atoms with van der Waals surface area (Å²) in [5, 5.41) is 26.6. The molecule has 3 aromatic rings. The van der Waals surface area contributed by atoms with E-state index in [0.717, 1.165) is 16.9 Å². The third kappa shape index (κ3) is 7.96. The van der Waals surface area contributed by atoms with Gasteiger partial charge in [-0.05, 0) is 97.6 Å². The third-order valence-electron chi connectivity index (χ3n) is 4.26. The normalized spacial score (nSPS) is 10.9. The number of anilines is 2. The number of hydrogen-bond acceptors (Lipinski definition) is 5. The van der Waals surface area contributed by atoms with E-state index in [9.17, 15) is 5.11 Å². The van der Waals surface area contributed by atoms with E-state index in [-0.39, 0.29) is 5.75 Å². The van der Waals surface area contributed by atoms with Crippen LogP contribution < -0.4 is 21.5 Å². The van der Waals surface area contributed by atoms with Gasteiger partial charge in [0.25, 0.3) is 0 Å². The van der Waals surface area contributed by atoms with E-state index in [1.54, 1.807) is 60.7 Å². The predicted molar refractivity (Wildman–Crippen MR) is 150 cm³/mol. The molecule has 7 nitrogen and oxygen atoms in total. The molecule has 11 heteroatoms. The fourth-order valence-electron chi connectivity index (χ4n) is 2.74. The lowest BCUT2D eigenvalue weighted by Crippen LogP contribution is -2.24. The van der Waals surface area contributed by atoms with Gasteiger partial charge in [-0.25, -0.2) is 0 Å². The molecule has 0 aliphatic heterocycles. The van der Waals surface area contributed by atoms with E-state index in [1.165, 1.54) is 12.4 Å². The molecule has 0 aliphatic rings. The summed E-state index contributed by atoms with van der Waals surface area (Å²) in [4.78, 5) is 0. The maximum absolute atomic E-state index is 10.6. The highest BCUT2D eigenvalue weighted by Crippen LogP contribution is 2.22. The molecule has 0 bridgehead atoms. The Hall–Kier alpha value is -3.24. The van der Waals surface area contributed by atoms with Crippen molar-refractivity contribution in [2.75, 3.05) is 10.6 Å². The zero-order valence-electron chi connectivity index (χ0n) is 17.8. The summed E-state index contributed by atoms with van der Waals surface area (Å²) in [6.07, 6.45) is 2.94. The van der Waals surface area contributed by atoms with E-state index >= 15 is 0 Å². The molecule has 0 spiro atoms. The van der Waals surface area contributed by atoms with Crippen molar-refractivity contribution in [2.24, 2.45) is 10.2 Å². The number of hydrogen-bond donors (Lipinski definition) is 5. The summed E-state index contributed by atoms with van der Waals surface area (Å²) >= 11 is 22.2. The van der Waals surface area contributed by atoms with Gasteiger partial charge in [0.2, 0.25) is 0 Å². The zero-order valence-corrected chi connectivity index (χ0v) is 21.0. The average Bonchev–Trinajstić information content (AvgIpc) is 2.79. The Balaban J connectivity index is 1.58. The minimum Gasteiger partial charge on any atom is -0.507 e. The summed E-state index contributed by atoms with van der Waals surface area (Å²) in [6, 6.07) is 17.7. The van der Waals surface area contributed by atoms with Crippen LogP contribution in [0.3, 0.4) is 0 Å². The summed E-state index contributed by atoms with van der Waals surface area (Å²) in [5.41, 5.74) is 8.85. The Morgan fingerprint density at radius 3 is 1.53 bits per heavy atom. The molecule has 34 heavy (non-hydrogen) atoms. The van der Waals surface area contributed by atoms with Crippen LogP contribution in [0.5, 0.6) is 5.75 Å². The molecule has 0 atom stereocenters. The van der Waals surface area contributed by atoms with E-state index in [1.807, 2.05) is 6.92 Å². The molecule has 0 aliphatic carbocycles. The predicted octanol–water partition coefficient (Wildman–Crippen LogP) is 5.65. The highest BCUT2D eigenvalue weighted by molar-refractivity contribution is 7.80. The first-order valence-corrected chi connectivity index (χ1v) is 11.4. The topological polar surface area (TPSA) is 93.1 Å². The number of phenolic OH excluding ortho intramolecular Hbond substituents is 1. The number of benzene rings is 3. The van der Waals surface area contributed by atoms with Gasteiger partial charge in [-0.3, -0.25) is 10.9 Å². The second-order valence-electron chi connectivity index (χ2n) is 6.95. The van der Waals surface area contributed by atoms with Gasteiger partial charge in [-0.1, -0.05) is 23.2 Å². The van der Waals surface area contributed by atoms with E-state index in [0.29, 0.717) is 31.4 Å². The van der Waals surface area contributed by atoms with Gasteiger partial charge >= 0.3 is 0 Å². The lowest BCUT2D eigenvalue weighted by molar-refractivity contribution is 0.473. The fraction of sp³-hybridized carbons (Fsp3) is 0.0435. The molecule has 0 saturated heterocycles. The van der Waals surface area contributed by atoms with E-state index in [2.05, 4.69) is 31.7 Å². The number of aryl methyl sites for hydroxylation is 1. The van der Waals surface area contributed by atoms with Gasteiger partial charge in [0, 0.05) is 32.5 Å². The Morgan fingerprint density at radius 2 is 1.15 bits per heavy atom. The number of thiocarbonyl (C=S) groups is 2. The lowest BCUT2D eigenvalue weighted by atomic mass is 10.1. The number of nitrogens with one attached hydrogen (secondary N) is 4. The smallest absolute Gasteiger partial charge is 0.191 e. The van der Waals surface area contributed by atoms with Crippen molar-refractivity contribution in [3.8, 4) is 5.75 Å². The largest absolute Gasteiger partial charge is 0.507 e. The monoisotopic (exact) mass is 530 g/mol. The van der Waals surface area contributed by atoms with Crippen molar-refractivity contribution in [3.63, 3.8) is 0 Å². The van der Waals surface area contributed by atoms with Crippen molar-refractivity contribution >= 4 is 81.7 Å². The van der Waals surface area contributed by atoms with Crippen molar-refractivity contribution < 1.29 is 5.11 Å². The van der Waals surface area contributed by atoms with Crippen LogP contribution in [0.1, 0.15) is 16.7 Å². The summed E-state index contributed by atoms with van der Waals surface area (Å²) in [6.45, 7) is 1.90. The van der Waals surface area contributed by atoms with Gasteiger partial charge in [0.05, 0.1) is 12.4 Å². The van der Waals surface area contributed by atoms with Crippen molar-refractivity contribution in [2.45, 2.75) is 6.92 Å². The Labute approximate surface area is 217 Å². The van der Waals surface area contributed by atoms with Gasteiger partial charge < -0.3 is 15.7 Å². The first kappa shape index (κ1) is 25.4. The van der Waals surface area contributed by atoms with Crippen LogP contribution in [0, 0.1) is 6.92 Å². The molecular formula is C23H20Cl2N6OS2. The molecule has 3 rings (SSSR count). The number of hydrazone groups is 2. The molecule has 0 saturated carbocycles. The van der Waals surface area contributed by atoms with Crippen LogP contribution in [-0.4, -0.2) is 27.8 Å². The highest BCUT2D eigenvalue weighted by atomic mass is 35.5. The van der Waals surface area contributed by atoms with Crippen LogP contribution >= 0.6 is 47.6 Å². The molecule has 174 valence electrons. The van der Waals surface area contributed by atoms with Gasteiger partial charge in [0.15, 0.2) is 10.2 Å². The summed E-state index contributed by atoms with van der Waals surface area (Å²) in [5.74, 6) is 0.00913. The molecule has 0 aromatic heterocycles. The van der Waals surface area contributed by atoms with Crippen LogP contribution in [0.2, 0.25) is 10.0 Å². The molecule has 5 N–H and O–H groups in total. The van der Waals surface area contributed by atoms with Crippen LogP contribution in [0.25, 0.3) is 0 Å². The first-order chi connectivity index (χ1) is 16.3. The number of nitrogens with zero attached hydrogens (tertiary/aromatic N) is 2. The second kappa shape index (κ2) is 12.3. The van der Waals surface area contributed by atoms with Crippen molar-refractivity contribution in [1.82, 2.24) is 10.9 Å². The van der Waals surface area contributed by atoms with Crippen LogP contribution in [0.4, 0.5) is 11.4 Å². The Kier molecular flexibility index (Phi) is 9.17. The molecule has 0 radical (unpaired) electrons. The third-order valence-corrected chi connectivity index (χ3v) is 5.15. The summed E-state index contributed by atoms with van der Waals surface area (Å²) in [7, 11) is 0. The molecule has 0 fully saturated rings. The molecular weight excluding hydrogens is 511 g/mol. The highest BCUT2D eigenvalue weighted by Gasteiger charge is 2.06. The van der Waals surface area contributed by atoms with Gasteiger partial charge in [-0.15, -0.1) is 0 Å². The van der Waals surface area contributed by atoms with Crippen LogP contribution in [-0.2, 0) is 0 Å². The SMILES string of the molecule is Cc1cc(C=NNC(=S)Nc2ccc(Cl)cc2)c(O)c(/C=N\NC(=S)Nc2ccc(Cl)cc2)c1. The number of aromatic hydroxyl groups is 1. The molecule has 0 heterocycles. The quantitative estimate of drug-likeness (QED) is 0.160. The maximum atomic E-state index is 10.6. The minimum atomic E-state index is 0.00913. The summed E-state index contributed by atoms with van der Waals surface area (Å²) < 4.78 is 0. The average molecular weight is 531 g/mol. The first-order valence-electron chi connectivity index (χ1n) is 9.85. The van der Waals surface area contributed by atoms with E-state index in [4.69, 9.17) is 47.6 Å². The Morgan fingerprint density at radius 1 is 0.765 bits per heavy atom. The Bertz CT molecular complexity index is 1140. The van der Waals surface area contributed by atoms with Crippen molar-refractivity contribution in [3.05, 3.63) is 87.4 Å². The maximum Gasteiger partial charge on any atom is 0.191 e. The number of halogens is 2. The molecule has 0 unspecified atom stereocenters. The van der Waals surface area contributed by atoms with Crippen LogP contribution in [0.15, 0.2) is 70.9 Å². The van der Waals surface area contributed by atoms with E-state index < -0.39 is 0 Å². The number of phenols is 1. The van der Waals surface area contributed by atoms with Gasteiger partial charge in [-0.2, -0.15) is 10.2 Å². The molecule has 3 aromatic carbocycles. The number of rotatable bonds is 6. The van der Waals surface area contributed by atoms with Gasteiger partial charge in [0.1, 0.15) is 5.75 Å². The zero-order chi connectivity index (χ0) is 24.5. The standard InChI is InChI=1S/C23H20Cl2N6OS2/c1-14-10-15(12-26-30-22(33)28-19-6-2-17(24)3-7-19)21(32)16(11-14)13-27-31-23(34)29-20-8-4-18(25)5-9-20/h2-13,32H,1H3,(H2,28,30,33)(H2,29,31,34)/b26-12-,27-13?. The second-order valence-corrected chi connectivity index (χ2v) is 8.64. The minimum absolute atomic E-state index is 0.00913.